The Kier molecular flexibility index (Phi) is 4.42. The molecule has 1 N–H and O–H groups in total. The molecule has 5 nitrogen and oxygen atoms in total. The topological polar surface area (TPSA) is 66.5 Å². The van der Waals surface area contributed by atoms with Gasteiger partial charge < -0.3 is 5.32 Å². The number of allylic oxidation sites excluding steroid dienone is 2. The summed E-state index contributed by atoms with van der Waals surface area (Å²) in [6.07, 6.45) is 12.2. The van der Waals surface area contributed by atoms with Crippen molar-refractivity contribution < 1.29 is 14.4 Å². The van der Waals surface area contributed by atoms with Crippen LogP contribution < -0.4 is 5.32 Å². The Bertz CT molecular complexity index is 576. The van der Waals surface area contributed by atoms with Crippen LogP contribution in [0.5, 0.6) is 0 Å². The van der Waals surface area contributed by atoms with Crippen molar-refractivity contribution in [1.82, 2.24) is 10.2 Å². The van der Waals surface area contributed by atoms with Gasteiger partial charge >= 0.3 is 0 Å². The van der Waals surface area contributed by atoms with Crippen molar-refractivity contribution in [2.45, 2.75) is 70.4 Å². The van der Waals surface area contributed by atoms with Crippen LogP contribution in [0.15, 0.2) is 12.2 Å². The first-order valence-electron chi connectivity index (χ1n) is 9.97. The normalized spacial score (nSPS) is 35.8. The lowest BCUT2D eigenvalue weighted by Crippen LogP contribution is -2.52. The number of hydrogen-bond acceptors (Lipinski definition) is 3. The van der Waals surface area contributed by atoms with Gasteiger partial charge in [-0.15, -0.1) is 0 Å². The van der Waals surface area contributed by atoms with Crippen LogP contribution in [0.4, 0.5) is 0 Å². The SMILES string of the molecule is CC[C@H](C(=O)NC1CCCCC1)N1C(=O)[C@@H]2[C@H](C1=O)[C@H]1C=C[C@H]2CC1. The largest absolute Gasteiger partial charge is 0.352 e. The highest BCUT2D eigenvalue weighted by molar-refractivity contribution is 6.09. The maximum atomic E-state index is 13.0. The molecule has 0 spiro atoms. The van der Waals surface area contributed by atoms with E-state index < -0.39 is 6.04 Å². The van der Waals surface area contributed by atoms with Gasteiger partial charge in [-0.05, 0) is 43.9 Å². The first-order chi connectivity index (χ1) is 12.1. The molecule has 1 heterocycles. The molecule has 5 rings (SSSR count). The van der Waals surface area contributed by atoms with E-state index in [1.807, 2.05) is 6.92 Å². The molecule has 2 saturated carbocycles. The number of rotatable bonds is 4. The summed E-state index contributed by atoms with van der Waals surface area (Å²) in [5, 5.41) is 3.11. The Balaban J connectivity index is 1.52. The maximum Gasteiger partial charge on any atom is 0.243 e. The molecular weight excluding hydrogens is 316 g/mol. The summed E-state index contributed by atoms with van der Waals surface area (Å²) in [4.78, 5) is 40.2. The van der Waals surface area contributed by atoms with Crippen LogP contribution in [0.1, 0.15) is 58.3 Å². The summed E-state index contributed by atoms with van der Waals surface area (Å²) in [7, 11) is 0. The minimum atomic E-state index is -0.646. The Morgan fingerprint density at radius 3 is 2.08 bits per heavy atom. The van der Waals surface area contributed by atoms with E-state index in [1.165, 1.54) is 11.3 Å². The molecule has 0 radical (unpaired) electrons. The number of amides is 3. The summed E-state index contributed by atoms with van der Waals surface area (Å²) in [6.45, 7) is 1.89. The molecule has 5 aliphatic rings. The zero-order valence-corrected chi connectivity index (χ0v) is 14.9. The summed E-state index contributed by atoms with van der Waals surface area (Å²) >= 11 is 0. The highest BCUT2D eigenvalue weighted by atomic mass is 16.2. The minimum absolute atomic E-state index is 0.111. The molecule has 25 heavy (non-hydrogen) atoms. The average molecular weight is 344 g/mol. The number of imide groups is 1. The van der Waals surface area contributed by atoms with Crippen LogP contribution in [0, 0.1) is 23.7 Å². The molecular formula is C20H28N2O3. The predicted octanol–water partition coefficient (Wildman–Crippen LogP) is 2.41. The number of nitrogens with zero attached hydrogens (tertiary/aromatic N) is 1. The van der Waals surface area contributed by atoms with Crippen molar-refractivity contribution in [1.29, 1.82) is 0 Å². The van der Waals surface area contributed by atoms with E-state index in [0.29, 0.717) is 6.42 Å². The van der Waals surface area contributed by atoms with E-state index >= 15 is 0 Å². The lowest BCUT2D eigenvalue weighted by atomic mass is 9.63. The molecule has 0 aromatic heterocycles. The summed E-state index contributed by atoms with van der Waals surface area (Å²) in [5.74, 6) is -0.472. The van der Waals surface area contributed by atoms with Crippen LogP contribution in [-0.2, 0) is 14.4 Å². The molecule has 2 bridgehead atoms. The van der Waals surface area contributed by atoms with Crippen molar-refractivity contribution in [3.8, 4) is 0 Å². The van der Waals surface area contributed by atoms with E-state index in [2.05, 4.69) is 17.5 Å². The second kappa shape index (κ2) is 6.58. The second-order valence-corrected chi connectivity index (χ2v) is 8.16. The summed E-state index contributed by atoms with van der Waals surface area (Å²) in [5.41, 5.74) is 0. The molecule has 1 saturated heterocycles. The van der Waals surface area contributed by atoms with Gasteiger partial charge in [0.1, 0.15) is 6.04 Å². The highest BCUT2D eigenvalue weighted by Crippen LogP contribution is 2.50. The molecule has 4 aliphatic carbocycles. The zero-order chi connectivity index (χ0) is 17.6. The first-order valence-corrected chi connectivity index (χ1v) is 9.97. The number of carbonyl (C=O) groups excluding carboxylic acids is 3. The van der Waals surface area contributed by atoms with E-state index in [0.717, 1.165) is 38.5 Å². The first kappa shape index (κ1) is 16.8. The van der Waals surface area contributed by atoms with Gasteiger partial charge in [0.05, 0.1) is 11.8 Å². The van der Waals surface area contributed by atoms with Gasteiger partial charge in [0.15, 0.2) is 0 Å². The molecule has 0 aromatic carbocycles. The smallest absolute Gasteiger partial charge is 0.243 e. The molecule has 5 atom stereocenters. The monoisotopic (exact) mass is 344 g/mol. The quantitative estimate of drug-likeness (QED) is 0.629. The van der Waals surface area contributed by atoms with E-state index in [4.69, 9.17) is 0 Å². The molecule has 5 heteroatoms. The fourth-order valence-electron chi connectivity index (χ4n) is 5.43. The Labute approximate surface area is 149 Å². The van der Waals surface area contributed by atoms with Crippen LogP contribution in [0.3, 0.4) is 0 Å². The molecule has 0 aromatic rings. The van der Waals surface area contributed by atoms with Crippen molar-refractivity contribution in [3.63, 3.8) is 0 Å². The number of nitrogens with one attached hydrogen (secondary N) is 1. The number of fused-ring (bicyclic) bond motifs is 1. The van der Waals surface area contributed by atoms with Gasteiger partial charge in [-0.25, -0.2) is 0 Å². The van der Waals surface area contributed by atoms with Gasteiger partial charge in [-0.1, -0.05) is 38.3 Å². The summed E-state index contributed by atoms with van der Waals surface area (Å²) in [6, 6.07) is -0.449. The van der Waals surface area contributed by atoms with Crippen molar-refractivity contribution in [2.75, 3.05) is 0 Å². The number of likely N-dealkylation sites (tertiary alicyclic amines) is 1. The van der Waals surface area contributed by atoms with Crippen LogP contribution in [-0.4, -0.2) is 34.7 Å². The van der Waals surface area contributed by atoms with Crippen LogP contribution >= 0.6 is 0 Å². The second-order valence-electron chi connectivity index (χ2n) is 8.16. The maximum absolute atomic E-state index is 13.0. The van der Waals surface area contributed by atoms with Gasteiger partial charge in [0.2, 0.25) is 17.7 Å². The minimum Gasteiger partial charge on any atom is -0.352 e. The summed E-state index contributed by atoms with van der Waals surface area (Å²) < 4.78 is 0. The third-order valence-corrected chi connectivity index (χ3v) is 6.75. The standard InChI is InChI=1S/C20H28N2O3/c1-2-15(18(23)21-14-6-4-3-5-7-14)22-19(24)16-12-8-9-13(11-10-12)17(16)20(22)25/h8-9,12-17H,2-7,10-11H2,1H3,(H,21,23)/t12-,13-,15+,16-,17+/m0/s1. The van der Waals surface area contributed by atoms with Gasteiger partial charge in [0, 0.05) is 6.04 Å². The Morgan fingerprint density at radius 2 is 1.60 bits per heavy atom. The van der Waals surface area contributed by atoms with Crippen molar-refractivity contribution in [2.24, 2.45) is 23.7 Å². The molecule has 136 valence electrons. The van der Waals surface area contributed by atoms with Gasteiger partial charge in [-0.2, -0.15) is 0 Å². The Hall–Kier alpha value is -1.65. The average Bonchev–Trinajstić information content (AvgIpc) is 2.92. The molecule has 1 aliphatic heterocycles. The predicted molar refractivity (Wildman–Crippen MR) is 93.3 cm³/mol. The third-order valence-electron chi connectivity index (χ3n) is 6.75. The van der Waals surface area contributed by atoms with E-state index in [-0.39, 0.29) is 47.4 Å². The van der Waals surface area contributed by atoms with Gasteiger partial charge in [0.25, 0.3) is 0 Å². The van der Waals surface area contributed by atoms with Crippen molar-refractivity contribution in [3.05, 3.63) is 12.2 Å². The van der Waals surface area contributed by atoms with Gasteiger partial charge in [-0.3, -0.25) is 19.3 Å². The zero-order valence-electron chi connectivity index (χ0n) is 14.9. The van der Waals surface area contributed by atoms with Crippen molar-refractivity contribution >= 4 is 17.7 Å². The van der Waals surface area contributed by atoms with E-state index in [1.54, 1.807) is 0 Å². The van der Waals surface area contributed by atoms with Crippen LogP contribution in [0.25, 0.3) is 0 Å². The third kappa shape index (κ3) is 2.72. The fraction of sp³-hybridized carbons (Fsp3) is 0.750. The molecule has 0 unspecified atom stereocenters. The Morgan fingerprint density at radius 1 is 1.04 bits per heavy atom. The number of carbonyl (C=O) groups is 3. The molecule has 3 fully saturated rings. The molecule has 3 amide bonds. The highest BCUT2D eigenvalue weighted by Gasteiger charge is 2.58. The van der Waals surface area contributed by atoms with E-state index in [9.17, 15) is 14.4 Å². The van der Waals surface area contributed by atoms with Crippen LogP contribution in [0.2, 0.25) is 0 Å². The lowest BCUT2D eigenvalue weighted by Gasteiger charge is -2.38. The lowest BCUT2D eigenvalue weighted by molar-refractivity contribution is -0.148. The number of hydrogen-bond donors (Lipinski definition) is 1. The fourth-order valence-corrected chi connectivity index (χ4v) is 5.43.